The average Bonchev–Trinajstić information content (AvgIpc) is 3.04. The lowest BCUT2D eigenvalue weighted by molar-refractivity contribution is -0.350. The van der Waals surface area contributed by atoms with Crippen LogP contribution in [0.2, 0.25) is 0 Å². The van der Waals surface area contributed by atoms with Gasteiger partial charge in [0.15, 0.2) is 5.78 Å². The molecule has 0 bridgehead atoms. The van der Waals surface area contributed by atoms with Crippen LogP contribution in [0.25, 0.3) is 11.1 Å². The minimum absolute atomic E-state index is 0.0712. The summed E-state index contributed by atoms with van der Waals surface area (Å²) in [5.41, 5.74) is -5.75. The largest absolute Gasteiger partial charge is 0.430 e. The fourth-order valence-corrected chi connectivity index (χ4v) is 8.24. The van der Waals surface area contributed by atoms with Crippen molar-refractivity contribution in [3.05, 3.63) is 106 Å². The standard InChI is InChI=1S/C35H30F6N2O5S/c1-20(44)42(2)49(47,48)29-14-6-5-13-26(29)30(23-17-21-9-7-15-43-16-8-10-22(18-23)31(21)43)27-19-28(32(45)25-12-4-3-11-24(25)27)33(46,34(36,37)38)35(39,40)41/h3-6,11-14,17-19,46H,7-10,15-16H2,1-2H3. The van der Waals surface area contributed by atoms with E-state index < -0.39 is 55.7 Å². The zero-order valence-electron chi connectivity index (χ0n) is 26.2. The molecule has 6 rings (SSSR count). The van der Waals surface area contributed by atoms with Gasteiger partial charge in [-0.3, -0.25) is 9.59 Å². The van der Waals surface area contributed by atoms with Crippen molar-refractivity contribution in [1.29, 1.82) is 0 Å². The molecule has 0 fully saturated rings. The smallest absolute Gasteiger partial charge is 0.371 e. The van der Waals surface area contributed by atoms with E-state index in [-0.39, 0.29) is 27.8 Å². The highest BCUT2D eigenvalue weighted by Crippen LogP contribution is 2.52. The molecular weight excluding hydrogens is 674 g/mol. The summed E-state index contributed by atoms with van der Waals surface area (Å²) in [4.78, 5) is 27.6. The highest BCUT2D eigenvalue weighted by molar-refractivity contribution is 7.89. The van der Waals surface area contributed by atoms with E-state index in [1.165, 1.54) is 42.5 Å². The predicted octanol–water partition coefficient (Wildman–Crippen LogP) is 6.49. The molecule has 0 atom stereocenters. The van der Waals surface area contributed by atoms with E-state index in [4.69, 9.17) is 0 Å². The van der Waals surface area contributed by atoms with Crippen molar-refractivity contribution in [2.45, 2.75) is 55.5 Å². The van der Waals surface area contributed by atoms with E-state index in [1.54, 1.807) is 12.1 Å². The summed E-state index contributed by atoms with van der Waals surface area (Å²) in [7, 11) is -3.60. The van der Waals surface area contributed by atoms with E-state index in [2.05, 4.69) is 4.90 Å². The molecule has 1 N–H and O–H groups in total. The Hall–Kier alpha value is -4.43. The highest BCUT2D eigenvalue weighted by Gasteiger charge is 2.73. The van der Waals surface area contributed by atoms with Crippen molar-refractivity contribution in [3.8, 4) is 0 Å². The first kappa shape index (κ1) is 34.4. The number of halogens is 6. The van der Waals surface area contributed by atoms with Crippen molar-refractivity contribution < 1.29 is 49.5 Å². The number of aliphatic hydroxyl groups is 1. The van der Waals surface area contributed by atoms with Crippen LogP contribution < -0.4 is 4.90 Å². The summed E-state index contributed by atoms with van der Waals surface area (Å²) in [6.07, 6.45) is -9.58. The number of carbonyl (C=O) groups excluding carboxylic acids is 2. The van der Waals surface area contributed by atoms with Gasteiger partial charge in [0, 0.05) is 43.9 Å². The van der Waals surface area contributed by atoms with Gasteiger partial charge in [0.25, 0.3) is 15.6 Å². The molecule has 3 aromatic rings. The third-order valence-electron chi connectivity index (χ3n) is 9.33. The van der Waals surface area contributed by atoms with Crippen LogP contribution in [0.15, 0.2) is 77.2 Å². The van der Waals surface area contributed by atoms with Crippen LogP contribution >= 0.6 is 0 Å². The van der Waals surface area contributed by atoms with Gasteiger partial charge in [0.1, 0.15) is 0 Å². The number of allylic oxidation sites excluding steroid dienone is 2. The van der Waals surface area contributed by atoms with Crippen LogP contribution in [0.3, 0.4) is 0 Å². The number of amides is 1. The molecule has 258 valence electrons. The predicted molar refractivity (Wildman–Crippen MR) is 169 cm³/mol. The van der Waals surface area contributed by atoms with Gasteiger partial charge in [-0.05, 0) is 83.4 Å². The molecule has 0 radical (unpaired) electrons. The number of benzene rings is 3. The Bertz CT molecular complexity index is 2020. The second kappa shape index (κ2) is 11.9. The Morgan fingerprint density at radius 1 is 0.857 bits per heavy atom. The van der Waals surface area contributed by atoms with Crippen molar-refractivity contribution in [2.24, 2.45) is 0 Å². The van der Waals surface area contributed by atoms with E-state index in [9.17, 15) is 49.5 Å². The number of alkyl halides is 6. The van der Waals surface area contributed by atoms with Gasteiger partial charge in [0.2, 0.25) is 5.91 Å². The Labute approximate surface area is 278 Å². The summed E-state index contributed by atoms with van der Waals surface area (Å²) in [5.74, 6) is -2.54. The van der Waals surface area contributed by atoms with E-state index in [0.29, 0.717) is 23.2 Å². The summed E-state index contributed by atoms with van der Waals surface area (Å²) in [6.45, 7) is 2.63. The zero-order valence-corrected chi connectivity index (χ0v) is 27.1. The first-order valence-electron chi connectivity index (χ1n) is 15.4. The molecule has 0 spiro atoms. The van der Waals surface area contributed by atoms with E-state index >= 15 is 0 Å². The number of hydrogen-bond donors (Lipinski definition) is 1. The fraction of sp³-hybridized carbons (Fsp3) is 0.314. The van der Waals surface area contributed by atoms with E-state index in [1.807, 2.05) is 0 Å². The zero-order chi connectivity index (χ0) is 35.7. The second-order valence-corrected chi connectivity index (χ2v) is 14.2. The monoisotopic (exact) mass is 704 g/mol. The first-order chi connectivity index (χ1) is 22.9. The Balaban J connectivity index is 1.80. The van der Waals surface area contributed by atoms with Gasteiger partial charge in [-0.2, -0.15) is 26.3 Å². The number of hydrogen-bond acceptors (Lipinski definition) is 6. The van der Waals surface area contributed by atoms with Crippen LogP contribution in [-0.2, 0) is 27.7 Å². The van der Waals surface area contributed by atoms with Crippen molar-refractivity contribution in [2.75, 3.05) is 25.0 Å². The first-order valence-corrected chi connectivity index (χ1v) is 16.8. The summed E-state index contributed by atoms with van der Waals surface area (Å²) < 4.78 is 114. The molecule has 14 heteroatoms. The van der Waals surface area contributed by atoms with Gasteiger partial charge in [-0.15, -0.1) is 0 Å². The molecule has 7 nitrogen and oxygen atoms in total. The average molecular weight is 705 g/mol. The minimum Gasteiger partial charge on any atom is -0.371 e. The molecule has 0 saturated carbocycles. The highest BCUT2D eigenvalue weighted by atomic mass is 32.2. The molecule has 2 heterocycles. The Morgan fingerprint density at radius 2 is 1.39 bits per heavy atom. The lowest BCUT2D eigenvalue weighted by Crippen LogP contribution is -2.59. The second-order valence-electron chi connectivity index (χ2n) is 12.3. The number of nitrogens with zero attached hydrogens (tertiary/aromatic N) is 2. The van der Waals surface area contributed by atoms with Crippen LogP contribution in [0.4, 0.5) is 32.0 Å². The quantitative estimate of drug-likeness (QED) is 0.306. The number of sulfonamides is 1. The lowest BCUT2D eigenvalue weighted by atomic mass is 9.75. The number of rotatable bonds is 5. The third kappa shape index (κ3) is 5.45. The lowest BCUT2D eigenvalue weighted by Gasteiger charge is -2.38. The van der Waals surface area contributed by atoms with Gasteiger partial charge in [-0.1, -0.05) is 42.5 Å². The minimum atomic E-state index is -6.37. The summed E-state index contributed by atoms with van der Waals surface area (Å²) in [5, 5.41) is 10.5. The molecule has 1 aliphatic carbocycles. The van der Waals surface area contributed by atoms with Crippen LogP contribution in [-0.4, -0.2) is 67.6 Å². The van der Waals surface area contributed by atoms with Crippen LogP contribution in [0.5, 0.6) is 0 Å². The molecule has 2 aliphatic heterocycles. The molecule has 49 heavy (non-hydrogen) atoms. The number of carbonyl (C=O) groups is 2. The topological polar surface area (TPSA) is 95.0 Å². The third-order valence-corrected chi connectivity index (χ3v) is 11.2. The molecule has 0 saturated heterocycles. The molecule has 3 aliphatic rings. The van der Waals surface area contributed by atoms with E-state index in [0.717, 1.165) is 62.8 Å². The number of fused-ring (bicyclic) bond motifs is 1. The van der Waals surface area contributed by atoms with Crippen molar-refractivity contribution in [3.63, 3.8) is 0 Å². The normalized spacial score (nSPS) is 17.6. The van der Waals surface area contributed by atoms with Gasteiger partial charge < -0.3 is 10.0 Å². The molecule has 0 unspecified atom stereocenters. The summed E-state index contributed by atoms with van der Waals surface area (Å²) >= 11 is 0. The molecular formula is C35H30F6N2O5S. The number of aryl methyl sites for hydroxylation is 2. The van der Waals surface area contributed by atoms with Gasteiger partial charge in [0.05, 0.1) is 10.5 Å². The van der Waals surface area contributed by atoms with Gasteiger partial charge in [-0.25, -0.2) is 12.7 Å². The van der Waals surface area contributed by atoms with Crippen molar-refractivity contribution >= 4 is 38.5 Å². The fourth-order valence-electron chi connectivity index (χ4n) is 6.91. The van der Waals surface area contributed by atoms with Crippen molar-refractivity contribution in [1.82, 2.24) is 4.31 Å². The van der Waals surface area contributed by atoms with Crippen LogP contribution in [0.1, 0.15) is 57.9 Å². The Kier molecular flexibility index (Phi) is 8.34. The maximum atomic E-state index is 14.3. The number of ketones is 1. The number of anilines is 1. The number of Topliss-reactive ketones (excluding diaryl/α,β-unsaturated/α-hetero) is 1. The Morgan fingerprint density at radius 3 is 1.94 bits per heavy atom. The molecule has 1 amide bonds. The van der Waals surface area contributed by atoms with Gasteiger partial charge >= 0.3 is 12.4 Å². The molecule has 3 aromatic carbocycles. The molecule has 0 aromatic heterocycles. The summed E-state index contributed by atoms with van der Waals surface area (Å²) in [6, 6.07) is 13.9. The SMILES string of the molecule is CC(=O)N(C)S(=O)(=O)c1ccccc1C(=C1C=C(C(O)(C(F)(F)F)C(F)(F)F)C(=O)c2ccccc21)c1cc2c3c(c1)CCCN3CCC2. The maximum Gasteiger partial charge on any atom is 0.430 e. The maximum absolute atomic E-state index is 14.3. The van der Waals surface area contributed by atoms with Crippen LogP contribution in [0, 0.1) is 0 Å².